The lowest BCUT2D eigenvalue weighted by Crippen LogP contribution is -2.33. The molecule has 0 radical (unpaired) electrons. The summed E-state index contributed by atoms with van der Waals surface area (Å²) >= 11 is 0. The molecule has 2 aromatic rings. The topological polar surface area (TPSA) is 67.8 Å². The normalized spacial score (nSPS) is 12.2. The van der Waals surface area contributed by atoms with Crippen LogP contribution in [0.15, 0.2) is 43.1 Å². The zero-order chi connectivity index (χ0) is 14.4. The summed E-state index contributed by atoms with van der Waals surface area (Å²) in [5.41, 5.74) is 1.67. The molecular formula is C15H18N4O. The highest BCUT2D eigenvalue weighted by molar-refractivity contribution is 5.78. The Labute approximate surface area is 118 Å². The molecule has 0 unspecified atom stereocenters. The summed E-state index contributed by atoms with van der Waals surface area (Å²) in [6.07, 6.45) is 8.53. The Kier molecular flexibility index (Phi) is 4.76. The summed E-state index contributed by atoms with van der Waals surface area (Å²) in [6.45, 7) is 4.14. The van der Waals surface area contributed by atoms with Gasteiger partial charge in [-0.2, -0.15) is 0 Å². The molecule has 104 valence electrons. The van der Waals surface area contributed by atoms with Crippen LogP contribution in [0.25, 0.3) is 0 Å². The van der Waals surface area contributed by atoms with E-state index in [9.17, 15) is 4.79 Å². The van der Waals surface area contributed by atoms with Crippen molar-refractivity contribution in [1.29, 1.82) is 0 Å². The molecule has 0 saturated heterocycles. The van der Waals surface area contributed by atoms with Gasteiger partial charge in [-0.1, -0.05) is 19.9 Å². The van der Waals surface area contributed by atoms with Crippen LogP contribution in [-0.4, -0.2) is 20.9 Å². The Bertz CT molecular complexity index is 542. The fourth-order valence-corrected chi connectivity index (χ4v) is 2.01. The number of nitrogens with one attached hydrogen (secondary N) is 1. The van der Waals surface area contributed by atoms with E-state index in [-0.39, 0.29) is 24.3 Å². The standard InChI is InChI=1S/C15H18N4O/c1-11(2)15(12-4-3-5-16-9-12)19-14(20)8-13-10-17-6-7-18-13/h3-7,9-11,15H,8H2,1-2H3,(H,19,20)/t15-/m1/s1. The van der Waals surface area contributed by atoms with Crippen molar-refractivity contribution in [2.75, 3.05) is 0 Å². The molecule has 2 aromatic heterocycles. The maximum Gasteiger partial charge on any atom is 0.226 e. The second-order valence-corrected chi connectivity index (χ2v) is 4.95. The molecule has 2 heterocycles. The first kappa shape index (κ1) is 14.1. The molecule has 1 amide bonds. The van der Waals surface area contributed by atoms with Crippen LogP contribution in [0.2, 0.25) is 0 Å². The molecule has 0 aliphatic heterocycles. The van der Waals surface area contributed by atoms with Crippen molar-refractivity contribution < 1.29 is 4.79 Å². The molecule has 1 atom stereocenters. The summed E-state index contributed by atoms with van der Waals surface area (Å²) in [6, 6.07) is 3.80. The Balaban J connectivity index is 2.04. The summed E-state index contributed by atoms with van der Waals surface area (Å²) in [5, 5.41) is 3.03. The molecule has 0 saturated carbocycles. The van der Waals surface area contributed by atoms with Crippen molar-refractivity contribution in [2.24, 2.45) is 5.92 Å². The van der Waals surface area contributed by atoms with E-state index in [0.717, 1.165) is 5.56 Å². The molecule has 0 bridgehead atoms. The number of hydrogen-bond donors (Lipinski definition) is 1. The smallest absolute Gasteiger partial charge is 0.226 e. The monoisotopic (exact) mass is 270 g/mol. The summed E-state index contributed by atoms with van der Waals surface area (Å²) in [4.78, 5) is 24.3. The van der Waals surface area contributed by atoms with Gasteiger partial charge in [-0.05, 0) is 17.5 Å². The Hall–Kier alpha value is -2.30. The van der Waals surface area contributed by atoms with Crippen molar-refractivity contribution in [1.82, 2.24) is 20.3 Å². The molecule has 0 spiro atoms. The van der Waals surface area contributed by atoms with Gasteiger partial charge in [0.2, 0.25) is 5.91 Å². The van der Waals surface area contributed by atoms with Crippen LogP contribution < -0.4 is 5.32 Å². The van der Waals surface area contributed by atoms with Crippen LogP contribution in [0.1, 0.15) is 31.1 Å². The first-order chi connectivity index (χ1) is 9.66. The minimum Gasteiger partial charge on any atom is -0.349 e. The van der Waals surface area contributed by atoms with E-state index < -0.39 is 0 Å². The van der Waals surface area contributed by atoms with Gasteiger partial charge in [0.25, 0.3) is 0 Å². The van der Waals surface area contributed by atoms with Crippen LogP contribution in [0.5, 0.6) is 0 Å². The number of pyridine rings is 1. The summed E-state index contributed by atoms with van der Waals surface area (Å²) in [7, 11) is 0. The van der Waals surface area contributed by atoms with Crippen molar-refractivity contribution in [3.05, 3.63) is 54.4 Å². The van der Waals surface area contributed by atoms with Crippen molar-refractivity contribution in [3.63, 3.8) is 0 Å². The zero-order valence-corrected chi connectivity index (χ0v) is 11.7. The average Bonchev–Trinajstić information content (AvgIpc) is 2.46. The Morgan fingerprint density at radius 3 is 2.60 bits per heavy atom. The highest BCUT2D eigenvalue weighted by Crippen LogP contribution is 2.20. The number of amides is 1. The van der Waals surface area contributed by atoms with Crippen LogP contribution in [0, 0.1) is 5.92 Å². The molecule has 0 aliphatic carbocycles. The number of carbonyl (C=O) groups is 1. The van der Waals surface area contributed by atoms with Gasteiger partial charge in [0.15, 0.2) is 0 Å². The summed E-state index contributed by atoms with van der Waals surface area (Å²) in [5.74, 6) is 0.220. The van der Waals surface area contributed by atoms with E-state index in [1.54, 1.807) is 31.0 Å². The van der Waals surface area contributed by atoms with E-state index in [2.05, 4.69) is 34.1 Å². The Morgan fingerprint density at radius 2 is 2.00 bits per heavy atom. The van der Waals surface area contributed by atoms with Crippen molar-refractivity contribution in [3.8, 4) is 0 Å². The fourth-order valence-electron chi connectivity index (χ4n) is 2.01. The first-order valence-corrected chi connectivity index (χ1v) is 6.61. The third-order valence-corrected chi connectivity index (χ3v) is 2.99. The maximum absolute atomic E-state index is 12.1. The third-order valence-electron chi connectivity index (χ3n) is 2.99. The van der Waals surface area contributed by atoms with E-state index >= 15 is 0 Å². The van der Waals surface area contributed by atoms with Gasteiger partial charge in [-0.3, -0.25) is 19.7 Å². The number of nitrogens with zero attached hydrogens (tertiary/aromatic N) is 3. The number of carbonyl (C=O) groups excluding carboxylic acids is 1. The largest absolute Gasteiger partial charge is 0.349 e. The van der Waals surface area contributed by atoms with Crippen LogP contribution >= 0.6 is 0 Å². The molecule has 0 aliphatic rings. The van der Waals surface area contributed by atoms with Crippen molar-refractivity contribution in [2.45, 2.75) is 26.3 Å². The van der Waals surface area contributed by atoms with Gasteiger partial charge in [0, 0.05) is 31.0 Å². The summed E-state index contributed by atoms with van der Waals surface area (Å²) < 4.78 is 0. The molecule has 5 heteroatoms. The maximum atomic E-state index is 12.1. The van der Waals surface area contributed by atoms with Crippen molar-refractivity contribution >= 4 is 5.91 Å². The van der Waals surface area contributed by atoms with E-state index in [0.29, 0.717) is 5.69 Å². The molecule has 20 heavy (non-hydrogen) atoms. The minimum absolute atomic E-state index is 0.0483. The molecule has 5 nitrogen and oxygen atoms in total. The SMILES string of the molecule is CC(C)[C@@H](NC(=O)Cc1cnccn1)c1cccnc1. The van der Waals surface area contributed by atoms with Gasteiger partial charge in [0.05, 0.1) is 18.2 Å². The number of aromatic nitrogens is 3. The lowest BCUT2D eigenvalue weighted by atomic mass is 9.97. The van der Waals surface area contributed by atoms with E-state index in [1.807, 2.05) is 12.1 Å². The van der Waals surface area contributed by atoms with Gasteiger partial charge >= 0.3 is 0 Å². The predicted octanol–water partition coefficient (Wildman–Crippen LogP) is 1.93. The second-order valence-electron chi connectivity index (χ2n) is 4.95. The third kappa shape index (κ3) is 3.85. The van der Waals surface area contributed by atoms with Crippen LogP contribution in [0.3, 0.4) is 0 Å². The molecular weight excluding hydrogens is 252 g/mol. The zero-order valence-electron chi connectivity index (χ0n) is 11.7. The lowest BCUT2D eigenvalue weighted by molar-refractivity contribution is -0.121. The number of hydrogen-bond acceptors (Lipinski definition) is 4. The van der Waals surface area contributed by atoms with Crippen LogP contribution in [0.4, 0.5) is 0 Å². The van der Waals surface area contributed by atoms with Gasteiger partial charge in [-0.15, -0.1) is 0 Å². The van der Waals surface area contributed by atoms with E-state index in [4.69, 9.17) is 0 Å². The fraction of sp³-hybridized carbons (Fsp3) is 0.333. The molecule has 0 aromatic carbocycles. The lowest BCUT2D eigenvalue weighted by Gasteiger charge is -2.22. The highest BCUT2D eigenvalue weighted by Gasteiger charge is 2.18. The number of rotatable bonds is 5. The molecule has 1 N–H and O–H groups in total. The molecule has 0 fully saturated rings. The average molecular weight is 270 g/mol. The second kappa shape index (κ2) is 6.75. The predicted molar refractivity (Wildman–Crippen MR) is 75.7 cm³/mol. The van der Waals surface area contributed by atoms with Gasteiger partial charge in [0.1, 0.15) is 0 Å². The quantitative estimate of drug-likeness (QED) is 0.901. The molecule has 2 rings (SSSR count). The first-order valence-electron chi connectivity index (χ1n) is 6.61. The highest BCUT2D eigenvalue weighted by atomic mass is 16.1. The van der Waals surface area contributed by atoms with E-state index in [1.165, 1.54) is 0 Å². The van der Waals surface area contributed by atoms with Gasteiger partial charge in [-0.25, -0.2) is 0 Å². The van der Waals surface area contributed by atoms with Crippen LogP contribution in [-0.2, 0) is 11.2 Å². The Morgan fingerprint density at radius 1 is 1.20 bits per heavy atom. The minimum atomic E-state index is -0.0620. The van der Waals surface area contributed by atoms with Gasteiger partial charge < -0.3 is 5.32 Å².